The number of aryl methyl sites for hydroxylation is 1. The molecule has 0 radical (unpaired) electrons. The quantitative estimate of drug-likeness (QED) is 0.728. The van der Waals surface area contributed by atoms with Gasteiger partial charge in [0, 0.05) is 6.04 Å². The number of anilines is 1. The van der Waals surface area contributed by atoms with Crippen molar-refractivity contribution in [2.45, 2.75) is 64.9 Å². The SMILES string of the molecule is Cc1nn(COc2cccc(C(F)(F)F)c2)c(C)c1NC(=O)NC1CCCCC1. The van der Waals surface area contributed by atoms with Crippen LogP contribution in [0.25, 0.3) is 0 Å². The summed E-state index contributed by atoms with van der Waals surface area (Å²) >= 11 is 0. The number of benzene rings is 1. The molecule has 158 valence electrons. The summed E-state index contributed by atoms with van der Waals surface area (Å²) in [4.78, 5) is 12.3. The lowest BCUT2D eigenvalue weighted by Gasteiger charge is -2.22. The van der Waals surface area contributed by atoms with Crippen LogP contribution in [0.2, 0.25) is 0 Å². The first-order valence-electron chi connectivity index (χ1n) is 9.65. The molecule has 1 aromatic heterocycles. The zero-order chi connectivity index (χ0) is 21.0. The maximum absolute atomic E-state index is 12.8. The number of nitrogens with one attached hydrogen (secondary N) is 2. The van der Waals surface area contributed by atoms with Crippen molar-refractivity contribution < 1.29 is 22.7 Å². The minimum absolute atomic E-state index is 0.0695. The normalized spacial score (nSPS) is 15.2. The standard InChI is InChI=1S/C20H25F3N4O2/c1-13-18(25-19(28)24-16-8-4-3-5-9-16)14(2)27(26-13)12-29-17-10-6-7-15(11-17)20(21,22)23/h6-7,10-11,16H,3-5,8-9,12H2,1-2H3,(H2,24,25,28). The van der Waals surface area contributed by atoms with E-state index in [9.17, 15) is 18.0 Å². The van der Waals surface area contributed by atoms with Gasteiger partial charge in [-0.1, -0.05) is 25.3 Å². The molecule has 9 heteroatoms. The molecular formula is C20H25F3N4O2. The lowest BCUT2D eigenvalue weighted by Crippen LogP contribution is -2.39. The predicted molar refractivity (Wildman–Crippen MR) is 103 cm³/mol. The van der Waals surface area contributed by atoms with Crippen LogP contribution in [0.15, 0.2) is 24.3 Å². The molecule has 2 amide bonds. The summed E-state index contributed by atoms with van der Waals surface area (Å²) in [6, 6.07) is 4.59. The zero-order valence-corrected chi connectivity index (χ0v) is 16.5. The van der Waals surface area contributed by atoms with Crippen molar-refractivity contribution in [3.63, 3.8) is 0 Å². The van der Waals surface area contributed by atoms with E-state index in [4.69, 9.17) is 4.74 Å². The summed E-state index contributed by atoms with van der Waals surface area (Å²) in [5.41, 5.74) is 1.07. The van der Waals surface area contributed by atoms with Crippen molar-refractivity contribution in [3.05, 3.63) is 41.2 Å². The molecule has 0 saturated heterocycles. The molecule has 2 N–H and O–H groups in total. The van der Waals surface area contributed by atoms with Crippen molar-refractivity contribution in [2.75, 3.05) is 5.32 Å². The molecule has 0 spiro atoms. The Kier molecular flexibility index (Phi) is 6.34. The number of nitrogens with zero attached hydrogens (tertiary/aromatic N) is 2. The maximum atomic E-state index is 12.8. The first kappa shape index (κ1) is 21.0. The van der Waals surface area contributed by atoms with Crippen molar-refractivity contribution in [3.8, 4) is 5.75 Å². The molecule has 0 unspecified atom stereocenters. The molecule has 0 bridgehead atoms. The van der Waals surface area contributed by atoms with Gasteiger partial charge in [-0.05, 0) is 44.9 Å². The average molecular weight is 410 g/mol. The van der Waals surface area contributed by atoms with Crippen molar-refractivity contribution >= 4 is 11.7 Å². The van der Waals surface area contributed by atoms with Gasteiger partial charge in [0.25, 0.3) is 0 Å². The van der Waals surface area contributed by atoms with E-state index in [2.05, 4.69) is 15.7 Å². The summed E-state index contributed by atoms with van der Waals surface area (Å²) in [6.45, 7) is 3.45. The Bertz CT molecular complexity index is 858. The molecule has 1 aliphatic carbocycles. The third-order valence-corrected chi connectivity index (χ3v) is 5.08. The molecule has 1 aromatic carbocycles. The number of halogens is 3. The fraction of sp³-hybridized carbons (Fsp3) is 0.500. The predicted octanol–water partition coefficient (Wildman–Crippen LogP) is 5.01. The Balaban J connectivity index is 1.62. The van der Waals surface area contributed by atoms with Crippen LogP contribution < -0.4 is 15.4 Å². The Morgan fingerprint density at radius 3 is 2.66 bits per heavy atom. The number of hydrogen-bond donors (Lipinski definition) is 2. The largest absolute Gasteiger partial charge is 0.471 e. The van der Waals surface area contributed by atoms with Crippen molar-refractivity contribution in [1.29, 1.82) is 0 Å². The van der Waals surface area contributed by atoms with Crippen LogP contribution in [0.3, 0.4) is 0 Å². The van der Waals surface area contributed by atoms with Crippen LogP contribution in [0.4, 0.5) is 23.7 Å². The number of carbonyl (C=O) groups excluding carboxylic acids is 1. The monoisotopic (exact) mass is 410 g/mol. The van der Waals surface area contributed by atoms with E-state index in [1.54, 1.807) is 13.8 Å². The summed E-state index contributed by atoms with van der Waals surface area (Å²) in [5.74, 6) is 0.0944. The Hall–Kier alpha value is -2.71. The molecule has 6 nitrogen and oxygen atoms in total. The zero-order valence-electron chi connectivity index (χ0n) is 16.5. The highest BCUT2D eigenvalue weighted by molar-refractivity contribution is 5.90. The summed E-state index contributed by atoms with van der Waals surface area (Å²) < 4.78 is 45.4. The summed E-state index contributed by atoms with van der Waals surface area (Å²) in [7, 11) is 0. The van der Waals surface area contributed by atoms with E-state index in [-0.39, 0.29) is 24.6 Å². The number of urea groups is 1. The van der Waals surface area contributed by atoms with E-state index in [1.165, 1.54) is 23.2 Å². The number of alkyl halides is 3. The minimum atomic E-state index is -4.43. The molecule has 1 saturated carbocycles. The van der Waals surface area contributed by atoms with Gasteiger partial charge < -0.3 is 15.4 Å². The number of hydrogen-bond acceptors (Lipinski definition) is 3. The second-order valence-corrected chi connectivity index (χ2v) is 7.28. The third-order valence-electron chi connectivity index (χ3n) is 5.08. The van der Waals surface area contributed by atoms with Crippen LogP contribution in [0.5, 0.6) is 5.75 Å². The first-order chi connectivity index (χ1) is 13.7. The maximum Gasteiger partial charge on any atom is 0.416 e. The molecular weight excluding hydrogens is 385 g/mol. The highest BCUT2D eigenvalue weighted by Gasteiger charge is 2.30. The van der Waals surface area contributed by atoms with Crippen LogP contribution in [0, 0.1) is 13.8 Å². The highest BCUT2D eigenvalue weighted by Crippen LogP contribution is 2.31. The van der Waals surface area contributed by atoms with Crippen LogP contribution in [0.1, 0.15) is 49.1 Å². The van der Waals surface area contributed by atoms with Crippen molar-refractivity contribution in [1.82, 2.24) is 15.1 Å². The fourth-order valence-electron chi connectivity index (χ4n) is 3.48. The van der Waals surface area contributed by atoms with E-state index < -0.39 is 11.7 Å². The molecule has 1 heterocycles. The van der Waals surface area contributed by atoms with E-state index in [0.29, 0.717) is 17.1 Å². The van der Waals surface area contributed by atoms with Gasteiger partial charge in [-0.2, -0.15) is 18.3 Å². The van der Waals surface area contributed by atoms with E-state index in [0.717, 1.165) is 37.8 Å². The lowest BCUT2D eigenvalue weighted by atomic mass is 9.96. The van der Waals surface area contributed by atoms with Gasteiger partial charge in [-0.3, -0.25) is 0 Å². The molecule has 0 atom stereocenters. The molecule has 1 aliphatic rings. The minimum Gasteiger partial charge on any atom is -0.471 e. The van der Waals surface area contributed by atoms with Gasteiger partial charge in [0.2, 0.25) is 0 Å². The second kappa shape index (κ2) is 8.75. The smallest absolute Gasteiger partial charge is 0.416 e. The first-order valence-corrected chi connectivity index (χ1v) is 9.65. The molecule has 1 fully saturated rings. The van der Waals surface area contributed by atoms with Gasteiger partial charge in [0.1, 0.15) is 5.75 Å². The summed E-state index contributed by atoms with van der Waals surface area (Å²) in [5, 5.41) is 10.1. The third kappa shape index (κ3) is 5.42. The topological polar surface area (TPSA) is 68.2 Å². The fourth-order valence-corrected chi connectivity index (χ4v) is 3.48. The molecule has 0 aliphatic heterocycles. The van der Waals surface area contributed by atoms with Gasteiger partial charge in [0.15, 0.2) is 6.73 Å². The number of amides is 2. The number of carbonyl (C=O) groups is 1. The molecule has 29 heavy (non-hydrogen) atoms. The van der Waals surface area contributed by atoms with Crippen LogP contribution >= 0.6 is 0 Å². The second-order valence-electron chi connectivity index (χ2n) is 7.28. The Morgan fingerprint density at radius 2 is 1.97 bits per heavy atom. The number of aromatic nitrogens is 2. The van der Waals surface area contributed by atoms with Gasteiger partial charge in [0.05, 0.1) is 22.6 Å². The number of ether oxygens (including phenoxy) is 1. The van der Waals surface area contributed by atoms with E-state index in [1.807, 2.05) is 0 Å². The highest BCUT2D eigenvalue weighted by atomic mass is 19.4. The van der Waals surface area contributed by atoms with Gasteiger partial charge in [-0.15, -0.1) is 0 Å². The lowest BCUT2D eigenvalue weighted by molar-refractivity contribution is -0.137. The van der Waals surface area contributed by atoms with E-state index >= 15 is 0 Å². The van der Waals surface area contributed by atoms with Crippen molar-refractivity contribution in [2.24, 2.45) is 0 Å². The number of rotatable bonds is 5. The average Bonchev–Trinajstić information content (AvgIpc) is 2.94. The van der Waals surface area contributed by atoms with Gasteiger partial charge in [-0.25, -0.2) is 9.48 Å². The Labute approximate surface area is 167 Å². The van der Waals surface area contributed by atoms with Crippen LogP contribution in [-0.2, 0) is 12.9 Å². The molecule has 2 aromatic rings. The molecule has 3 rings (SSSR count). The Morgan fingerprint density at radius 1 is 1.24 bits per heavy atom. The summed E-state index contributed by atoms with van der Waals surface area (Å²) in [6.07, 6.45) is 0.976. The van der Waals surface area contributed by atoms with Crippen LogP contribution in [-0.4, -0.2) is 21.9 Å². The van der Waals surface area contributed by atoms with Gasteiger partial charge >= 0.3 is 12.2 Å².